The lowest BCUT2D eigenvalue weighted by molar-refractivity contribution is 1.39. The van der Waals surface area contributed by atoms with Gasteiger partial charge in [-0.3, -0.25) is 0 Å². The Balaban J connectivity index is 2.67. The Bertz CT molecular complexity index is 495. The van der Waals surface area contributed by atoms with E-state index in [-0.39, 0.29) is 0 Å². The third-order valence-electron chi connectivity index (χ3n) is 1.75. The minimum Gasteiger partial charge on any atom is -0.337 e. The molecule has 0 amide bonds. The standard InChI is InChI=1S/C9H5Cl2NS2/c10-5-2-1-3-6(11)8(5)7-4-14-9(13)12-7/h1-4H,(H,12,13). The zero-order valence-corrected chi connectivity index (χ0v) is 10.0. The van der Waals surface area contributed by atoms with E-state index in [9.17, 15) is 0 Å². The summed E-state index contributed by atoms with van der Waals surface area (Å²) in [5, 5.41) is 3.17. The molecule has 0 fully saturated rings. The van der Waals surface area contributed by atoms with Gasteiger partial charge in [0.05, 0.1) is 15.7 Å². The number of H-pyrrole nitrogens is 1. The van der Waals surface area contributed by atoms with E-state index in [0.717, 1.165) is 15.2 Å². The minimum atomic E-state index is 0.626. The monoisotopic (exact) mass is 261 g/mol. The van der Waals surface area contributed by atoms with Crippen molar-refractivity contribution in [3.05, 3.63) is 37.6 Å². The predicted octanol–water partition coefficient (Wildman–Crippen LogP) is 4.78. The number of rotatable bonds is 1. The quantitative estimate of drug-likeness (QED) is 0.731. The summed E-state index contributed by atoms with van der Waals surface area (Å²) in [5.74, 6) is 0. The van der Waals surface area contributed by atoms with Gasteiger partial charge in [-0.25, -0.2) is 0 Å². The molecule has 1 N–H and O–H groups in total. The lowest BCUT2D eigenvalue weighted by atomic mass is 10.2. The van der Waals surface area contributed by atoms with Gasteiger partial charge in [-0.05, 0) is 24.4 Å². The maximum atomic E-state index is 6.04. The third kappa shape index (κ3) is 1.86. The number of hydrogen-bond acceptors (Lipinski definition) is 2. The Morgan fingerprint density at radius 3 is 2.36 bits per heavy atom. The highest BCUT2D eigenvalue weighted by molar-refractivity contribution is 7.73. The fourth-order valence-corrected chi connectivity index (χ4v) is 2.58. The molecule has 5 heteroatoms. The zero-order valence-electron chi connectivity index (χ0n) is 6.88. The Hall–Kier alpha value is -0.350. The van der Waals surface area contributed by atoms with E-state index < -0.39 is 0 Å². The van der Waals surface area contributed by atoms with Crippen LogP contribution in [-0.2, 0) is 0 Å². The van der Waals surface area contributed by atoms with E-state index in [0.29, 0.717) is 10.0 Å². The molecule has 0 aliphatic rings. The van der Waals surface area contributed by atoms with Crippen LogP contribution < -0.4 is 0 Å². The molecule has 0 aliphatic heterocycles. The fourth-order valence-electron chi connectivity index (χ4n) is 1.16. The second kappa shape index (κ2) is 4.03. The highest BCUT2D eigenvalue weighted by Crippen LogP contribution is 2.34. The summed E-state index contributed by atoms with van der Waals surface area (Å²) >= 11 is 18.5. The average Bonchev–Trinajstić information content (AvgIpc) is 2.51. The van der Waals surface area contributed by atoms with E-state index >= 15 is 0 Å². The van der Waals surface area contributed by atoms with E-state index in [1.54, 1.807) is 12.1 Å². The number of benzene rings is 1. The summed E-state index contributed by atoms with van der Waals surface area (Å²) in [6, 6.07) is 5.42. The van der Waals surface area contributed by atoms with Gasteiger partial charge in [0.1, 0.15) is 0 Å². The van der Waals surface area contributed by atoms with E-state index in [1.807, 2.05) is 11.4 Å². The van der Waals surface area contributed by atoms with Gasteiger partial charge in [0.25, 0.3) is 0 Å². The van der Waals surface area contributed by atoms with E-state index in [2.05, 4.69) is 4.98 Å². The number of thiazole rings is 1. The van der Waals surface area contributed by atoms with Gasteiger partial charge >= 0.3 is 0 Å². The van der Waals surface area contributed by atoms with Crippen molar-refractivity contribution in [3.8, 4) is 11.3 Å². The zero-order chi connectivity index (χ0) is 10.1. The fraction of sp³-hybridized carbons (Fsp3) is 0. The van der Waals surface area contributed by atoms with Gasteiger partial charge in [0.15, 0.2) is 3.95 Å². The number of aromatic amines is 1. The minimum absolute atomic E-state index is 0.626. The van der Waals surface area contributed by atoms with Crippen LogP contribution in [0.4, 0.5) is 0 Å². The molecule has 0 atom stereocenters. The first-order valence-electron chi connectivity index (χ1n) is 3.80. The summed E-state index contributed by atoms with van der Waals surface area (Å²) in [7, 11) is 0. The Morgan fingerprint density at radius 1 is 1.21 bits per heavy atom. The van der Waals surface area contributed by atoms with Gasteiger partial charge in [-0.15, -0.1) is 11.3 Å². The summed E-state index contributed by atoms with van der Waals surface area (Å²) in [6.07, 6.45) is 0. The first kappa shape index (κ1) is 10.2. The van der Waals surface area contributed by atoms with E-state index in [1.165, 1.54) is 11.3 Å². The molecule has 0 saturated carbocycles. The molecule has 1 aromatic heterocycles. The molecule has 72 valence electrons. The highest BCUT2D eigenvalue weighted by Gasteiger charge is 2.08. The molecule has 1 aromatic carbocycles. The maximum absolute atomic E-state index is 6.04. The summed E-state index contributed by atoms with van der Waals surface area (Å²) in [5.41, 5.74) is 1.68. The first-order valence-corrected chi connectivity index (χ1v) is 5.85. The number of hydrogen-bond donors (Lipinski definition) is 1. The molecule has 0 aliphatic carbocycles. The van der Waals surface area contributed by atoms with Crippen LogP contribution in [0.15, 0.2) is 23.6 Å². The Morgan fingerprint density at radius 2 is 1.86 bits per heavy atom. The van der Waals surface area contributed by atoms with E-state index in [4.69, 9.17) is 35.4 Å². The highest BCUT2D eigenvalue weighted by atomic mass is 35.5. The SMILES string of the molecule is S=c1[nH]c(-c2c(Cl)cccc2Cl)cs1. The van der Waals surface area contributed by atoms with Crippen molar-refractivity contribution in [1.29, 1.82) is 0 Å². The summed E-state index contributed by atoms with van der Waals surface area (Å²) in [6.45, 7) is 0. The molecule has 0 bridgehead atoms. The number of halogens is 2. The Labute approximate surface area is 100 Å². The van der Waals surface area contributed by atoms with Crippen molar-refractivity contribution in [2.75, 3.05) is 0 Å². The van der Waals surface area contributed by atoms with Crippen LogP contribution in [-0.4, -0.2) is 4.98 Å². The van der Waals surface area contributed by atoms with Crippen LogP contribution in [0, 0.1) is 3.95 Å². The van der Waals surface area contributed by atoms with Gasteiger partial charge in [-0.2, -0.15) is 0 Å². The van der Waals surface area contributed by atoms with Gasteiger partial charge in [-0.1, -0.05) is 29.3 Å². The second-order valence-corrected chi connectivity index (χ2v) is 5.02. The normalized spacial score (nSPS) is 10.4. The smallest absolute Gasteiger partial charge is 0.158 e. The molecule has 0 spiro atoms. The van der Waals surface area contributed by atoms with Crippen molar-refractivity contribution in [2.45, 2.75) is 0 Å². The van der Waals surface area contributed by atoms with Crippen molar-refractivity contribution >= 4 is 46.8 Å². The molecular formula is C9H5Cl2NS2. The van der Waals surface area contributed by atoms with Crippen LogP contribution >= 0.6 is 46.8 Å². The van der Waals surface area contributed by atoms with Crippen molar-refractivity contribution in [3.63, 3.8) is 0 Å². The molecule has 0 unspecified atom stereocenters. The van der Waals surface area contributed by atoms with Crippen LogP contribution in [0.25, 0.3) is 11.3 Å². The first-order chi connectivity index (χ1) is 6.68. The summed E-state index contributed by atoms with van der Waals surface area (Å²) < 4.78 is 0.719. The molecule has 14 heavy (non-hydrogen) atoms. The second-order valence-electron chi connectivity index (χ2n) is 2.66. The van der Waals surface area contributed by atoms with Crippen LogP contribution in [0.1, 0.15) is 0 Å². The molecule has 2 rings (SSSR count). The van der Waals surface area contributed by atoms with Crippen LogP contribution in [0.3, 0.4) is 0 Å². The molecule has 1 nitrogen and oxygen atoms in total. The molecule has 2 aromatic rings. The lowest BCUT2D eigenvalue weighted by Crippen LogP contribution is -1.80. The largest absolute Gasteiger partial charge is 0.337 e. The molecule has 1 heterocycles. The molecular weight excluding hydrogens is 257 g/mol. The van der Waals surface area contributed by atoms with Gasteiger partial charge < -0.3 is 4.98 Å². The number of nitrogens with one attached hydrogen (secondary N) is 1. The van der Waals surface area contributed by atoms with Gasteiger partial charge in [0, 0.05) is 10.9 Å². The van der Waals surface area contributed by atoms with Crippen molar-refractivity contribution in [2.24, 2.45) is 0 Å². The summed E-state index contributed by atoms with van der Waals surface area (Å²) in [4.78, 5) is 3.04. The molecule has 0 saturated heterocycles. The van der Waals surface area contributed by atoms with Crippen LogP contribution in [0.2, 0.25) is 10.0 Å². The molecule has 0 radical (unpaired) electrons. The van der Waals surface area contributed by atoms with Crippen molar-refractivity contribution < 1.29 is 0 Å². The topological polar surface area (TPSA) is 15.8 Å². The predicted molar refractivity (Wildman–Crippen MR) is 65.0 cm³/mol. The van der Waals surface area contributed by atoms with Crippen molar-refractivity contribution in [1.82, 2.24) is 4.98 Å². The average molecular weight is 262 g/mol. The third-order valence-corrected chi connectivity index (χ3v) is 3.44. The Kier molecular flexibility index (Phi) is 2.93. The van der Waals surface area contributed by atoms with Crippen LogP contribution in [0.5, 0.6) is 0 Å². The maximum Gasteiger partial charge on any atom is 0.158 e. The number of aromatic nitrogens is 1. The van der Waals surface area contributed by atoms with Gasteiger partial charge in [0.2, 0.25) is 0 Å². The lowest BCUT2D eigenvalue weighted by Gasteiger charge is -2.03.